The number of nitrogens with zero attached hydrogens (tertiary/aromatic N) is 1. The van der Waals surface area contributed by atoms with Gasteiger partial charge in [0.25, 0.3) is 0 Å². The molecule has 0 aliphatic heterocycles. The van der Waals surface area contributed by atoms with Crippen LogP contribution in [-0.4, -0.2) is 32.6 Å². The fourth-order valence-electron chi connectivity index (χ4n) is 2.35. The van der Waals surface area contributed by atoms with E-state index in [1.807, 2.05) is 32.0 Å². The lowest BCUT2D eigenvalue weighted by Gasteiger charge is -2.16. The quantitative estimate of drug-likeness (QED) is 0.622. The Kier molecular flexibility index (Phi) is 5.58. The SMILES string of the molecule is CCOC(=O)c1cccc(OC(=O)c2ccc(N(C)C)c(C)c2)c1. The van der Waals surface area contributed by atoms with E-state index in [4.69, 9.17) is 9.47 Å². The number of carbonyl (C=O) groups excluding carboxylic acids is 2. The highest BCUT2D eigenvalue weighted by atomic mass is 16.5. The van der Waals surface area contributed by atoms with Gasteiger partial charge in [0, 0.05) is 19.8 Å². The van der Waals surface area contributed by atoms with Gasteiger partial charge in [-0.15, -0.1) is 0 Å². The normalized spacial score (nSPS) is 10.2. The van der Waals surface area contributed by atoms with Gasteiger partial charge in [-0.05, 0) is 55.8 Å². The van der Waals surface area contributed by atoms with Crippen molar-refractivity contribution in [3.8, 4) is 5.75 Å². The van der Waals surface area contributed by atoms with Crippen molar-refractivity contribution in [1.82, 2.24) is 0 Å². The Morgan fingerprint density at radius 3 is 2.33 bits per heavy atom. The molecule has 0 aliphatic carbocycles. The zero-order valence-electron chi connectivity index (χ0n) is 14.3. The Hall–Kier alpha value is -2.82. The van der Waals surface area contributed by atoms with Crippen LogP contribution in [0, 0.1) is 6.92 Å². The fourth-order valence-corrected chi connectivity index (χ4v) is 2.35. The summed E-state index contributed by atoms with van der Waals surface area (Å²) in [6.45, 7) is 3.97. The Balaban J connectivity index is 2.16. The lowest BCUT2D eigenvalue weighted by atomic mass is 10.1. The van der Waals surface area contributed by atoms with Crippen LogP contribution in [0.4, 0.5) is 5.69 Å². The summed E-state index contributed by atoms with van der Waals surface area (Å²) in [6.07, 6.45) is 0. The highest BCUT2D eigenvalue weighted by Crippen LogP contribution is 2.21. The van der Waals surface area contributed by atoms with Gasteiger partial charge in [0.2, 0.25) is 0 Å². The van der Waals surface area contributed by atoms with E-state index in [-0.39, 0.29) is 0 Å². The van der Waals surface area contributed by atoms with Gasteiger partial charge in [0.1, 0.15) is 5.75 Å². The molecule has 126 valence electrons. The molecule has 0 aromatic heterocycles. The zero-order valence-corrected chi connectivity index (χ0v) is 14.3. The lowest BCUT2D eigenvalue weighted by Crippen LogP contribution is -2.13. The van der Waals surface area contributed by atoms with Crippen LogP contribution in [0.5, 0.6) is 5.75 Å². The highest BCUT2D eigenvalue weighted by Gasteiger charge is 2.13. The van der Waals surface area contributed by atoms with E-state index in [1.165, 1.54) is 6.07 Å². The third-order valence-electron chi connectivity index (χ3n) is 3.47. The van der Waals surface area contributed by atoms with Crippen LogP contribution in [-0.2, 0) is 4.74 Å². The fraction of sp³-hybridized carbons (Fsp3) is 0.263. The average Bonchev–Trinajstić information content (AvgIpc) is 2.54. The average molecular weight is 327 g/mol. The first-order valence-electron chi connectivity index (χ1n) is 7.69. The zero-order chi connectivity index (χ0) is 17.7. The molecule has 2 aromatic rings. The van der Waals surface area contributed by atoms with Crippen molar-refractivity contribution in [1.29, 1.82) is 0 Å². The van der Waals surface area contributed by atoms with E-state index in [9.17, 15) is 9.59 Å². The molecule has 2 rings (SSSR count). The minimum Gasteiger partial charge on any atom is -0.462 e. The summed E-state index contributed by atoms with van der Waals surface area (Å²) in [5.74, 6) is -0.606. The number of esters is 2. The molecule has 0 unspecified atom stereocenters. The van der Waals surface area contributed by atoms with E-state index in [2.05, 4.69) is 0 Å². The minimum atomic E-state index is -0.468. The van der Waals surface area contributed by atoms with Crippen molar-refractivity contribution in [2.75, 3.05) is 25.6 Å². The van der Waals surface area contributed by atoms with E-state index in [0.29, 0.717) is 23.5 Å². The molecule has 24 heavy (non-hydrogen) atoms. The van der Waals surface area contributed by atoms with E-state index in [0.717, 1.165) is 11.3 Å². The number of hydrogen-bond acceptors (Lipinski definition) is 5. The third kappa shape index (κ3) is 4.13. The highest BCUT2D eigenvalue weighted by molar-refractivity contribution is 5.93. The Morgan fingerprint density at radius 2 is 1.71 bits per heavy atom. The molecule has 2 aromatic carbocycles. The largest absolute Gasteiger partial charge is 0.462 e. The number of rotatable bonds is 5. The van der Waals surface area contributed by atoms with Gasteiger partial charge in [0.05, 0.1) is 17.7 Å². The molecule has 0 saturated carbocycles. The number of hydrogen-bond donors (Lipinski definition) is 0. The van der Waals surface area contributed by atoms with Crippen molar-refractivity contribution in [2.24, 2.45) is 0 Å². The molecule has 5 heteroatoms. The van der Waals surface area contributed by atoms with Gasteiger partial charge in [0.15, 0.2) is 0 Å². The smallest absolute Gasteiger partial charge is 0.343 e. The minimum absolute atomic E-state index is 0.292. The predicted octanol–water partition coefficient (Wildman–Crippen LogP) is 3.46. The first-order valence-corrected chi connectivity index (χ1v) is 7.69. The van der Waals surface area contributed by atoms with Gasteiger partial charge in [-0.3, -0.25) is 0 Å². The summed E-state index contributed by atoms with van der Waals surface area (Å²) in [6, 6.07) is 11.8. The maximum atomic E-state index is 12.3. The molecule has 0 fully saturated rings. The van der Waals surface area contributed by atoms with Crippen LogP contribution >= 0.6 is 0 Å². The van der Waals surface area contributed by atoms with E-state index in [1.54, 1.807) is 37.3 Å². The number of ether oxygens (including phenoxy) is 2. The summed E-state index contributed by atoms with van der Waals surface area (Å²) >= 11 is 0. The number of carbonyl (C=O) groups is 2. The van der Waals surface area contributed by atoms with Crippen molar-refractivity contribution >= 4 is 17.6 Å². The molecule has 0 amide bonds. The monoisotopic (exact) mass is 327 g/mol. The van der Waals surface area contributed by atoms with Crippen molar-refractivity contribution in [3.63, 3.8) is 0 Å². The molecule has 0 atom stereocenters. The number of anilines is 1. The van der Waals surface area contributed by atoms with Crippen LogP contribution in [0.3, 0.4) is 0 Å². The first kappa shape index (κ1) is 17.5. The van der Waals surface area contributed by atoms with Gasteiger partial charge < -0.3 is 14.4 Å². The van der Waals surface area contributed by atoms with Crippen LogP contribution in [0.2, 0.25) is 0 Å². The molecule has 0 heterocycles. The van der Waals surface area contributed by atoms with Crippen LogP contribution in [0.15, 0.2) is 42.5 Å². The molecular formula is C19H21NO4. The van der Waals surface area contributed by atoms with Crippen LogP contribution < -0.4 is 9.64 Å². The first-order chi connectivity index (χ1) is 11.4. The molecule has 0 spiro atoms. The van der Waals surface area contributed by atoms with Crippen molar-refractivity contribution < 1.29 is 19.1 Å². The standard InChI is InChI=1S/C19H21NO4/c1-5-23-18(21)14-7-6-8-16(12-14)24-19(22)15-9-10-17(20(3)4)13(2)11-15/h6-12H,5H2,1-4H3. The van der Waals surface area contributed by atoms with Crippen molar-refractivity contribution in [3.05, 3.63) is 59.2 Å². The van der Waals surface area contributed by atoms with Gasteiger partial charge in [-0.25, -0.2) is 9.59 Å². The molecule has 0 saturated heterocycles. The maximum Gasteiger partial charge on any atom is 0.343 e. The summed E-state index contributed by atoms with van der Waals surface area (Å²) in [5, 5.41) is 0. The van der Waals surface area contributed by atoms with Crippen LogP contribution in [0.1, 0.15) is 33.2 Å². The van der Waals surface area contributed by atoms with Crippen LogP contribution in [0.25, 0.3) is 0 Å². The Labute approximate surface area is 141 Å². The van der Waals surface area contributed by atoms with E-state index >= 15 is 0 Å². The summed E-state index contributed by atoms with van der Waals surface area (Å²) in [4.78, 5) is 26.0. The number of aryl methyl sites for hydroxylation is 1. The van der Waals surface area contributed by atoms with Gasteiger partial charge >= 0.3 is 11.9 Å². The second-order valence-corrected chi connectivity index (χ2v) is 5.53. The summed E-state index contributed by atoms with van der Waals surface area (Å²) in [5.41, 5.74) is 2.83. The molecular weight excluding hydrogens is 306 g/mol. The van der Waals surface area contributed by atoms with E-state index < -0.39 is 11.9 Å². The second-order valence-electron chi connectivity index (χ2n) is 5.53. The number of benzene rings is 2. The summed E-state index contributed by atoms with van der Waals surface area (Å²) in [7, 11) is 3.89. The summed E-state index contributed by atoms with van der Waals surface area (Å²) < 4.78 is 10.3. The predicted molar refractivity (Wildman–Crippen MR) is 92.9 cm³/mol. The van der Waals surface area contributed by atoms with Gasteiger partial charge in [-0.2, -0.15) is 0 Å². The molecule has 0 aliphatic rings. The molecule has 0 bridgehead atoms. The molecule has 0 N–H and O–H groups in total. The van der Waals surface area contributed by atoms with Gasteiger partial charge in [-0.1, -0.05) is 6.07 Å². The van der Waals surface area contributed by atoms with Crippen molar-refractivity contribution in [2.45, 2.75) is 13.8 Å². The molecule has 5 nitrogen and oxygen atoms in total. The topological polar surface area (TPSA) is 55.8 Å². The Bertz CT molecular complexity index is 753. The maximum absolute atomic E-state index is 12.3. The second kappa shape index (κ2) is 7.64. The Morgan fingerprint density at radius 1 is 1.00 bits per heavy atom. The lowest BCUT2D eigenvalue weighted by molar-refractivity contribution is 0.0524. The third-order valence-corrected chi connectivity index (χ3v) is 3.47. The molecule has 0 radical (unpaired) electrons.